The van der Waals surface area contributed by atoms with Crippen molar-refractivity contribution >= 4 is 0 Å². The van der Waals surface area contributed by atoms with Crippen LogP contribution in [0.4, 0.5) is 0 Å². The Bertz CT molecular complexity index is 123. The van der Waals surface area contributed by atoms with Crippen LogP contribution in [0.15, 0.2) is 0 Å². The minimum atomic E-state index is 0.509. The summed E-state index contributed by atoms with van der Waals surface area (Å²) in [5.74, 6) is 0.904. The number of hydrogen-bond donors (Lipinski definition) is 0. The molecule has 0 saturated carbocycles. The third-order valence-corrected chi connectivity index (χ3v) is 2.85. The Kier molecular flexibility index (Phi) is 2.58. The third-order valence-electron chi connectivity index (χ3n) is 2.85. The van der Waals surface area contributed by atoms with E-state index in [4.69, 9.17) is 0 Å². The summed E-state index contributed by atoms with van der Waals surface area (Å²) in [6.07, 6.45) is 2.81. The largest absolute Gasteiger partial charge is 0.306 e. The summed E-state index contributed by atoms with van der Waals surface area (Å²) in [6, 6.07) is 0. The summed E-state index contributed by atoms with van der Waals surface area (Å²) in [5.41, 5.74) is 0.509. The quantitative estimate of drug-likeness (QED) is 0.519. The molecule has 0 aromatic rings. The van der Waals surface area contributed by atoms with Gasteiger partial charge in [-0.1, -0.05) is 20.8 Å². The van der Waals surface area contributed by atoms with Crippen molar-refractivity contribution < 1.29 is 0 Å². The van der Waals surface area contributed by atoms with E-state index in [1.807, 2.05) is 0 Å². The van der Waals surface area contributed by atoms with Gasteiger partial charge in [0.15, 0.2) is 0 Å². The lowest BCUT2D eigenvalue weighted by atomic mass is 9.76. The van der Waals surface area contributed by atoms with Gasteiger partial charge >= 0.3 is 0 Å². The fourth-order valence-electron chi connectivity index (χ4n) is 1.87. The molecule has 1 unspecified atom stereocenters. The first-order chi connectivity index (χ1) is 5.00. The maximum absolute atomic E-state index is 2.46. The van der Waals surface area contributed by atoms with Crippen LogP contribution in [-0.2, 0) is 0 Å². The zero-order valence-corrected chi connectivity index (χ0v) is 8.35. The van der Waals surface area contributed by atoms with Crippen LogP contribution in [0.5, 0.6) is 0 Å². The number of nitrogens with zero attached hydrogens (tertiary/aromatic N) is 1. The molecule has 0 spiro atoms. The molecule has 1 aliphatic heterocycles. The van der Waals surface area contributed by atoms with Gasteiger partial charge in [-0.2, -0.15) is 0 Å². The van der Waals surface area contributed by atoms with Crippen LogP contribution in [0.3, 0.4) is 0 Å². The minimum Gasteiger partial charge on any atom is -0.306 e. The van der Waals surface area contributed by atoms with Gasteiger partial charge in [0.1, 0.15) is 0 Å². The zero-order valence-electron chi connectivity index (χ0n) is 8.35. The van der Waals surface area contributed by atoms with Gasteiger partial charge in [-0.05, 0) is 37.8 Å². The molecule has 11 heavy (non-hydrogen) atoms. The van der Waals surface area contributed by atoms with Crippen molar-refractivity contribution in [1.82, 2.24) is 4.90 Å². The van der Waals surface area contributed by atoms with E-state index in [0.29, 0.717) is 5.41 Å². The number of likely N-dealkylation sites (tertiary alicyclic amines) is 1. The molecule has 1 rings (SSSR count). The smallest absolute Gasteiger partial charge is 0.00116 e. The predicted octanol–water partition coefficient (Wildman–Crippen LogP) is 2.37. The van der Waals surface area contributed by atoms with Crippen molar-refractivity contribution in [3.8, 4) is 0 Å². The lowest BCUT2D eigenvalue weighted by molar-refractivity contribution is 0.118. The SMILES string of the molecule is CN1CCCC(C(C)(C)C)C1. The van der Waals surface area contributed by atoms with Crippen LogP contribution >= 0.6 is 0 Å². The summed E-state index contributed by atoms with van der Waals surface area (Å²) >= 11 is 0. The molecule has 0 aliphatic carbocycles. The Labute approximate surface area is 70.8 Å². The number of piperidine rings is 1. The summed E-state index contributed by atoms with van der Waals surface area (Å²) in [5, 5.41) is 0. The molecular weight excluding hydrogens is 134 g/mol. The van der Waals surface area contributed by atoms with E-state index in [9.17, 15) is 0 Å². The van der Waals surface area contributed by atoms with Gasteiger partial charge in [-0.3, -0.25) is 0 Å². The molecule has 0 bridgehead atoms. The van der Waals surface area contributed by atoms with Crippen LogP contribution in [0, 0.1) is 11.3 Å². The first kappa shape index (κ1) is 9.05. The van der Waals surface area contributed by atoms with Crippen molar-refractivity contribution in [3.05, 3.63) is 0 Å². The predicted molar refractivity (Wildman–Crippen MR) is 49.7 cm³/mol. The molecule has 0 N–H and O–H groups in total. The molecule has 1 heterocycles. The van der Waals surface area contributed by atoms with Crippen LogP contribution in [0.2, 0.25) is 0 Å². The summed E-state index contributed by atoms with van der Waals surface area (Å²) < 4.78 is 0. The molecule has 0 amide bonds. The molecule has 0 aromatic carbocycles. The van der Waals surface area contributed by atoms with Crippen molar-refractivity contribution in [1.29, 1.82) is 0 Å². The van der Waals surface area contributed by atoms with Crippen molar-refractivity contribution in [2.24, 2.45) is 11.3 Å². The van der Waals surface area contributed by atoms with Crippen LogP contribution in [-0.4, -0.2) is 25.0 Å². The fourth-order valence-corrected chi connectivity index (χ4v) is 1.87. The average Bonchev–Trinajstić information content (AvgIpc) is 1.86. The molecule has 66 valence electrons. The Balaban J connectivity index is 2.46. The van der Waals surface area contributed by atoms with E-state index < -0.39 is 0 Å². The van der Waals surface area contributed by atoms with Crippen LogP contribution in [0.25, 0.3) is 0 Å². The van der Waals surface area contributed by atoms with E-state index in [1.165, 1.54) is 25.9 Å². The Morgan fingerprint density at radius 1 is 1.27 bits per heavy atom. The van der Waals surface area contributed by atoms with Gasteiger partial charge in [0.2, 0.25) is 0 Å². The third kappa shape index (κ3) is 2.48. The fraction of sp³-hybridized carbons (Fsp3) is 1.00. The molecule has 1 saturated heterocycles. The van der Waals surface area contributed by atoms with E-state index in [0.717, 1.165) is 5.92 Å². The summed E-state index contributed by atoms with van der Waals surface area (Å²) in [4.78, 5) is 2.46. The maximum Gasteiger partial charge on any atom is 0.00116 e. The topological polar surface area (TPSA) is 3.24 Å². The molecule has 1 aliphatic rings. The lowest BCUT2D eigenvalue weighted by Crippen LogP contribution is -2.38. The Morgan fingerprint density at radius 2 is 1.91 bits per heavy atom. The average molecular weight is 155 g/mol. The molecule has 1 fully saturated rings. The zero-order chi connectivity index (χ0) is 8.48. The van der Waals surface area contributed by atoms with Crippen LogP contribution < -0.4 is 0 Å². The molecule has 0 radical (unpaired) electrons. The second-order valence-electron chi connectivity index (χ2n) is 4.97. The van der Waals surface area contributed by atoms with Crippen LogP contribution in [0.1, 0.15) is 33.6 Å². The minimum absolute atomic E-state index is 0.509. The molecule has 1 nitrogen and oxygen atoms in total. The monoisotopic (exact) mass is 155 g/mol. The van der Waals surface area contributed by atoms with Crippen molar-refractivity contribution in [2.75, 3.05) is 20.1 Å². The first-order valence-electron chi connectivity index (χ1n) is 4.68. The van der Waals surface area contributed by atoms with E-state index >= 15 is 0 Å². The molecule has 1 atom stereocenters. The second-order valence-corrected chi connectivity index (χ2v) is 4.97. The Morgan fingerprint density at radius 3 is 2.27 bits per heavy atom. The molecule has 1 heteroatoms. The van der Waals surface area contributed by atoms with Gasteiger partial charge < -0.3 is 4.90 Å². The van der Waals surface area contributed by atoms with E-state index in [-0.39, 0.29) is 0 Å². The lowest BCUT2D eigenvalue weighted by Gasteiger charge is -2.38. The Hall–Kier alpha value is -0.0400. The normalized spacial score (nSPS) is 28.9. The van der Waals surface area contributed by atoms with Gasteiger partial charge in [-0.15, -0.1) is 0 Å². The van der Waals surface area contributed by atoms with E-state index in [2.05, 4.69) is 32.7 Å². The summed E-state index contributed by atoms with van der Waals surface area (Å²) in [6.45, 7) is 9.67. The number of rotatable bonds is 0. The van der Waals surface area contributed by atoms with E-state index in [1.54, 1.807) is 0 Å². The highest BCUT2D eigenvalue weighted by atomic mass is 15.1. The highest BCUT2D eigenvalue weighted by molar-refractivity contribution is 4.79. The molecular formula is C10H21N. The molecule has 0 aromatic heterocycles. The second kappa shape index (κ2) is 3.14. The highest BCUT2D eigenvalue weighted by Gasteiger charge is 2.27. The standard InChI is InChI=1S/C10H21N/c1-10(2,3)9-6-5-7-11(4)8-9/h9H,5-8H2,1-4H3. The maximum atomic E-state index is 2.46. The summed E-state index contributed by atoms with van der Waals surface area (Å²) in [7, 11) is 2.23. The van der Waals surface area contributed by atoms with Gasteiger partial charge in [-0.25, -0.2) is 0 Å². The van der Waals surface area contributed by atoms with Crippen molar-refractivity contribution in [2.45, 2.75) is 33.6 Å². The van der Waals surface area contributed by atoms with Gasteiger partial charge in [0, 0.05) is 6.54 Å². The van der Waals surface area contributed by atoms with Gasteiger partial charge in [0.05, 0.1) is 0 Å². The van der Waals surface area contributed by atoms with Crippen molar-refractivity contribution in [3.63, 3.8) is 0 Å². The number of hydrogen-bond acceptors (Lipinski definition) is 1. The van der Waals surface area contributed by atoms with Gasteiger partial charge in [0.25, 0.3) is 0 Å². The first-order valence-corrected chi connectivity index (χ1v) is 4.68. The highest BCUT2D eigenvalue weighted by Crippen LogP contribution is 2.32.